The molecule has 5 nitrogen and oxygen atoms in total. The van der Waals surface area contributed by atoms with Crippen molar-refractivity contribution >= 4 is 0 Å². The van der Waals surface area contributed by atoms with Gasteiger partial charge in [-0.15, -0.1) is 0 Å². The lowest BCUT2D eigenvalue weighted by Crippen LogP contribution is -2.40. The Morgan fingerprint density at radius 2 is 2.08 bits per heavy atom. The van der Waals surface area contributed by atoms with Crippen LogP contribution in [0.5, 0.6) is 0 Å². The minimum atomic E-state index is -0.454. The molecular formula is C20H29N3O2. The highest BCUT2D eigenvalue weighted by atomic mass is 16.5. The Kier molecular flexibility index (Phi) is 6.24. The van der Waals surface area contributed by atoms with E-state index < -0.39 is 6.10 Å². The molecule has 0 spiro atoms. The minimum absolute atomic E-state index is 0.373. The number of aromatic nitrogens is 2. The van der Waals surface area contributed by atoms with Crippen LogP contribution in [-0.2, 0) is 17.9 Å². The summed E-state index contributed by atoms with van der Waals surface area (Å²) in [5.41, 5.74) is 3.41. The number of aliphatic hydroxyl groups is 1. The number of hydrogen-bond acceptors (Lipinski definition) is 4. The Morgan fingerprint density at radius 3 is 2.80 bits per heavy atom. The average molecular weight is 343 g/mol. The number of likely N-dealkylation sites (tertiary alicyclic amines) is 1. The first-order chi connectivity index (χ1) is 12.1. The van der Waals surface area contributed by atoms with Crippen LogP contribution in [0.15, 0.2) is 36.4 Å². The van der Waals surface area contributed by atoms with Gasteiger partial charge in [-0.05, 0) is 44.9 Å². The van der Waals surface area contributed by atoms with E-state index in [0.717, 1.165) is 30.8 Å². The van der Waals surface area contributed by atoms with Gasteiger partial charge in [0.25, 0.3) is 0 Å². The van der Waals surface area contributed by atoms with Gasteiger partial charge in [0, 0.05) is 18.3 Å². The standard InChI is InChI=1S/C20H29N3O2/c1-16-11-17(2)23(21-16)12-19-9-6-10-22(19)13-20(24)15-25-14-18-7-4-3-5-8-18/h3-5,7-8,11,19-20,24H,6,9-10,12-15H2,1-2H3/t19-,20+/m1/s1. The van der Waals surface area contributed by atoms with Crippen molar-refractivity contribution in [2.45, 2.75) is 52.0 Å². The van der Waals surface area contributed by atoms with E-state index in [2.05, 4.69) is 27.7 Å². The molecule has 1 aromatic heterocycles. The van der Waals surface area contributed by atoms with Crippen LogP contribution in [-0.4, -0.2) is 51.6 Å². The van der Waals surface area contributed by atoms with Crippen LogP contribution in [0.3, 0.4) is 0 Å². The van der Waals surface area contributed by atoms with Crippen molar-refractivity contribution in [3.8, 4) is 0 Å². The Hall–Kier alpha value is -1.69. The molecule has 3 rings (SSSR count). The summed E-state index contributed by atoms with van der Waals surface area (Å²) in [7, 11) is 0. The maximum Gasteiger partial charge on any atom is 0.0900 e. The van der Waals surface area contributed by atoms with E-state index in [1.165, 1.54) is 12.1 Å². The zero-order chi connectivity index (χ0) is 17.6. The molecule has 1 aromatic carbocycles. The molecular weight excluding hydrogens is 314 g/mol. The first-order valence-electron chi connectivity index (χ1n) is 9.16. The number of aliphatic hydroxyl groups excluding tert-OH is 1. The number of β-amino-alcohol motifs (C(OH)–C–C–N with tert-alkyl or cyclic N) is 1. The lowest BCUT2D eigenvalue weighted by atomic mass is 10.2. The highest BCUT2D eigenvalue weighted by molar-refractivity contribution is 5.13. The Balaban J connectivity index is 1.45. The van der Waals surface area contributed by atoms with Gasteiger partial charge >= 0.3 is 0 Å². The quantitative estimate of drug-likeness (QED) is 0.800. The van der Waals surface area contributed by atoms with E-state index in [1.54, 1.807) is 0 Å². The van der Waals surface area contributed by atoms with Crippen molar-refractivity contribution in [3.05, 3.63) is 53.3 Å². The summed E-state index contributed by atoms with van der Waals surface area (Å²) in [4.78, 5) is 2.38. The van der Waals surface area contributed by atoms with E-state index >= 15 is 0 Å². The molecule has 0 bridgehead atoms. The molecule has 0 radical (unpaired) electrons. The van der Waals surface area contributed by atoms with Crippen molar-refractivity contribution in [1.29, 1.82) is 0 Å². The third kappa shape index (κ3) is 5.14. The van der Waals surface area contributed by atoms with Gasteiger partial charge in [-0.1, -0.05) is 30.3 Å². The zero-order valence-electron chi connectivity index (χ0n) is 15.3. The smallest absolute Gasteiger partial charge is 0.0900 e. The Morgan fingerprint density at radius 1 is 1.28 bits per heavy atom. The third-order valence-corrected chi connectivity index (χ3v) is 4.85. The van der Waals surface area contributed by atoms with Gasteiger partial charge in [-0.25, -0.2) is 0 Å². The molecule has 1 saturated heterocycles. The molecule has 2 aromatic rings. The Bertz CT molecular complexity index is 656. The number of aryl methyl sites for hydroxylation is 2. The minimum Gasteiger partial charge on any atom is -0.389 e. The van der Waals surface area contributed by atoms with Gasteiger partial charge in [0.1, 0.15) is 0 Å². The summed E-state index contributed by atoms with van der Waals surface area (Å²) in [6.07, 6.45) is 1.89. The van der Waals surface area contributed by atoms with Crippen molar-refractivity contribution in [2.75, 3.05) is 19.7 Å². The van der Waals surface area contributed by atoms with Gasteiger partial charge < -0.3 is 9.84 Å². The second-order valence-corrected chi connectivity index (χ2v) is 7.05. The summed E-state index contributed by atoms with van der Waals surface area (Å²) < 4.78 is 7.77. The topological polar surface area (TPSA) is 50.5 Å². The fraction of sp³-hybridized carbons (Fsp3) is 0.550. The summed E-state index contributed by atoms with van der Waals surface area (Å²) in [5, 5.41) is 14.9. The molecule has 25 heavy (non-hydrogen) atoms. The van der Waals surface area contributed by atoms with Crippen LogP contribution in [0.4, 0.5) is 0 Å². The third-order valence-electron chi connectivity index (χ3n) is 4.85. The highest BCUT2D eigenvalue weighted by Gasteiger charge is 2.27. The van der Waals surface area contributed by atoms with E-state index in [4.69, 9.17) is 4.74 Å². The summed E-state index contributed by atoms with van der Waals surface area (Å²) in [6, 6.07) is 12.6. The first kappa shape index (κ1) is 18.1. The number of nitrogens with zero attached hydrogens (tertiary/aromatic N) is 3. The maximum atomic E-state index is 10.3. The number of hydrogen-bond donors (Lipinski definition) is 1. The molecule has 1 N–H and O–H groups in total. The van der Waals surface area contributed by atoms with E-state index in [9.17, 15) is 5.11 Å². The van der Waals surface area contributed by atoms with E-state index in [0.29, 0.717) is 25.8 Å². The summed E-state index contributed by atoms with van der Waals surface area (Å²) >= 11 is 0. The van der Waals surface area contributed by atoms with Gasteiger partial charge in [0.15, 0.2) is 0 Å². The fourth-order valence-corrected chi connectivity index (χ4v) is 3.61. The molecule has 0 amide bonds. The first-order valence-corrected chi connectivity index (χ1v) is 9.16. The van der Waals surface area contributed by atoms with Gasteiger partial charge in [-0.2, -0.15) is 5.10 Å². The molecule has 0 aliphatic carbocycles. The van der Waals surface area contributed by atoms with Crippen LogP contribution < -0.4 is 0 Å². The van der Waals surface area contributed by atoms with Crippen LogP contribution in [0.1, 0.15) is 29.8 Å². The van der Waals surface area contributed by atoms with Crippen LogP contribution in [0.2, 0.25) is 0 Å². The maximum absolute atomic E-state index is 10.3. The molecule has 1 aliphatic rings. The molecule has 1 aliphatic heterocycles. The lowest BCUT2D eigenvalue weighted by molar-refractivity contribution is 0.00663. The van der Waals surface area contributed by atoms with E-state index in [1.807, 2.05) is 37.3 Å². The normalized spacial score (nSPS) is 19.4. The zero-order valence-corrected chi connectivity index (χ0v) is 15.3. The average Bonchev–Trinajstić information content (AvgIpc) is 3.15. The molecule has 5 heteroatoms. The SMILES string of the molecule is Cc1cc(C)n(C[C@H]2CCCN2C[C@H](O)COCc2ccccc2)n1. The van der Waals surface area contributed by atoms with Crippen LogP contribution in [0, 0.1) is 13.8 Å². The molecule has 136 valence electrons. The second kappa shape index (κ2) is 8.61. The summed E-state index contributed by atoms with van der Waals surface area (Å²) in [5.74, 6) is 0. The van der Waals surface area contributed by atoms with Crippen molar-refractivity contribution in [3.63, 3.8) is 0 Å². The van der Waals surface area contributed by atoms with Gasteiger partial charge in [-0.3, -0.25) is 9.58 Å². The van der Waals surface area contributed by atoms with Gasteiger partial charge in [0.2, 0.25) is 0 Å². The fourth-order valence-electron chi connectivity index (χ4n) is 3.61. The van der Waals surface area contributed by atoms with Crippen LogP contribution in [0.25, 0.3) is 0 Å². The molecule has 1 fully saturated rings. The van der Waals surface area contributed by atoms with Crippen molar-refractivity contribution in [1.82, 2.24) is 14.7 Å². The van der Waals surface area contributed by atoms with Crippen LogP contribution >= 0.6 is 0 Å². The highest BCUT2D eigenvalue weighted by Crippen LogP contribution is 2.20. The second-order valence-electron chi connectivity index (χ2n) is 7.05. The summed E-state index contributed by atoms with van der Waals surface area (Å²) in [6.45, 7) is 7.66. The predicted molar refractivity (Wildman–Crippen MR) is 98.4 cm³/mol. The number of ether oxygens (including phenoxy) is 1. The van der Waals surface area contributed by atoms with E-state index in [-0.39, 0.29) is 0 Å². The van der Waals surface area contributed by atoms with Gasteiger partial charge in [0.05, 0.1) is 31.6 Å². The number of rotatable bonds is 8. The van der Waals surface area contributed by atoms with Crippen molar-refractivity contribution in [2.24, 2.45) is 0 Å². The Labute approximate surface area is 150 Å². The lowest BCUT2D eigenvalue weighted by Gasteiger charge is -2.27. The molecule has 2 heterocycles. The molecule has 0 unspecified atom stereocenters. The molecule has 0 saturated carbocycles. The predicted octanol–water partition coefficient (Wildman–Crippen LogP) is 2.54. The largest absolute Gasteiger partial charge is 0.389 e. The van der Waals surface area contributed by atoms with Crippen molar-refractivity contribution < 1.29 is 9.84 Å². The monoisotopic (exact) mass is 343 g/mol. The molecule has 2 atom stereocenters. The number of benzene rings is 1.